The molecule has 1 heterocycles. The second kappa shape index (κ2) is 16.7. The molecule has 1 fully saturated rings. The Kier molecular flexibility index (Phi) is 15.2. The minimum absolute atomic E-state index is 0.0512. The van der Waals surface area contributed by atoms with Crippen LogP contribution < -0.4 is 5.32 Å². The van der Waals surface area contributed by atoms with E-state index < -0.39 is 12.1 Å². The lowest BCUT2D eigenvalue weighted by molar-refractivity contribution is -0.145. The van der Waals surface area contributed by atoms with Gasteiger partial charge in [-0.2, -0.15) is 0 Å². The lowest BCUT2D eigenvalue weighted by atomic mass is 9.89. The van der Waals surface area contributed by atoms with Crippen LogP contribution in [0, 0.1) is 17.8 Å². The molecule has 1 aliphatic heterocycles. The number of rotatable bonds is 16. The third-order valence-electron chi connectivity index (χ3n) is 7.96. The van der Waals surface area contributed by atoms with E-state index in [-0.39, 0.29) is 59.5 Å². The number of likely N-dealkylation sites (N-methyl/N-ethyl adjacent to an activating group) is 1. The summed E-state index contributed by atoms with van der Waals surface area (Å²) in [7, 11) is 3.38. The van der Waals surface area contributed by atoms with Crippen molar-refractivity contribution in [3.8, 4) is 0 Å². The van der Waals surface area contributed by atoms with Gasteiger partial charge in [0.25, 0.3) is 0 Å². The van der Waals surface area contributed by atoms with Crippen LogP contribution in [0.1, 0.15) is 101 Å². The Morgan fingerprint density at radius 2 is 1.56 bits per heavy atom. The molecule has 0 unspecified atom stereocenters. The molecule has 0 spiro atoms. The molecule has 228 valence electrons. The van der Waals surface area contributed by atoms with Gasteiger partial charge in [-0.3, -0.25) is 19.3 Å². The van der Waals surface area contributed by atoms with Gasteiger partial charge in [0.05, 0.1) is 30.4 Å². The number of hydrogen-bond acceptors (Lipinski definition) is 6. The summed E-state index contributed by atoms with van der Waals surface area (Å²) in [5.74, 6) is -0.0197. The van der Waals surface area contributed by atoms with Gasteiger partial charge in [-0.05, 0) is 64.5 Å². The quantitative estimate of drug-likeness (QED) is 0.298. The van der Waals surface area contributed by atoms with E-state index in [1.165, 1.54) is 6.42 Å². The molecule has 0 aromatic rings. The number of nitrogens with one attached hydrogen (secondary N) is 1. The highest BCUT2D eigenvalue weighted by Crippen LogP contribution is 2.24. The fraction of sp³-hybridized carbons (Fsp3) is 0.903. The van der Waals surface area contributed by atoms with Crippen molar-refractivity contribution >= 4 is 17.6 Å². The largest absolute Gasteiger partial charge is 0.379 e. The lowest BCUT2D eigenvalue weighted by Crippen LogP contribution is -2.60. The SMILES string of the molecule is CC[C@H](C)[C@@H]([C@@H](CC(=O)CCOC(C)(C)C)OC)N(C)C(=O)[C@@H](NC(=O)[C@H](C(C)C)N1CCCCC1)C(C)C. The van der Waals surface area contributed by atoms with E-state index >= 15 is 0 Å². The van der Waals surface area contributed by atoms with Crippen LogP contribution in [0.3, 0.4) is 0 Å². The van der Waals surface area contributed by atoms with Crippen LogP contribution in [-0.4, -0.2) is 91.1 Å². The van der Waals surface area contributed by atoms with Crippen molar-refractivity contribution in [2.45, 2.75) is 131 Å². The predicted octanol–water partition coefficient (Wildman–Crippen LogP) is 4.69. The topological polar surface area (TPSA) is 88.2 Å². The maximum atomic E-state index is 14.0. The Balaban J connectivity index is 3.08. The number of ether oxygens (including phenoxy) is 2. The zero-order valence-electron chi connectivity index (χ0n) is 26.8. The Morgan fingerprint density at radius 3 is 2.03 bits per heavy atom. The molecule has 0 radical (unpaired) electrons. The first-order valence-corrected chi connectivity index (χ1v) is 15.1. The molecule has 1 rings (SSSR count). The van der Waals surface area contributed by atoms with Crippen molar-refractivity contribution in [3.05, 3.63) is 0 Å². The van der Waals surface area contributed by atoms with Gasteiger partial charge in [0.15, 0.2) is 0 Å². The minimum atomic E-state index is -0.659. The standard InChI is InChI=1S/C31H59N3O5/c1-12-23(6)28(25(38-11)20-24(35)16-19-39-31(7,8)9)33(10)30(37)26(21(2)3)32-29(36)27(22(4)5)34-17-14-13-15-18-34/h21-23,25-28H,12-20H2,1-11H3,(H,32,36)/t23-,25+,26-,27-,28-/m0/s1. The molecule has 0 aromatic carbocycles. The summed E-state index contributed by atoms with van der Waals surface area (Å²) >= 11 is 0. The van der Waals surface area contributed by atoms with E-state index in [9.17, 15) is 14.4 Å². The third-order valence-corrected chi connectivity index (χ3v) is 7.96. The Bertz CT molecular complexity index is 758. The van der Waals surface area contributed by atoms with Crippen LogP contribution in [0.2, 0.25) is 0 Å². The fourth-order valence-electron chi connectivity index (χ4n) is 5.59. The lowest BCUT2D eigenvalue weighted by Gasteiger charge is -2.41. The van der Waals surface area contributed by atoms with Gasteiger partial charge in [0, 0.05) is 27.0 Å². The minimum Gasteiger partial charge on any atom is -0.379 e. The number of carbonyl (C=O) groups excluding carboxylic acids is 3. The van der Waals surface area contributed by atoms with E-state index in [0.29, 0.717) is 13.0 Å². The van der Waals surface area contributed by atoms with Gasteiger partial charge < -0.3 is 19.7 Å². The molecular formula is C31H59N3O5. The molecule has 2 amide bonds. The van der Waals surface area contributed by atoms with Crippen molar-refractivity contribution in [1.29, 1.82) is 0 Å². The predicted molar refractivity (Wildman–Crippen MR) is 158 cm³/mol. The number of methoxy groups -OCH3 is 1. The molecule has 8 heteroatoms. The summed E-state index contributed by atoms with van der Waals surface area (Å²) in [6.45, 7) is 20.3. The molecule has 0 aromatic heterocycles. The Hall–Kier alpha value is -1.51. The first kappa shape index (κ1) is 35.5. The van der Waals surface area contributed by atoms with Crippen molar-refractivity contribution < 1.29 is 23.9 Å². The average Bonchev–Trinajstić information content (AvgIpc) is 2.85. The number of nitrogens with zero attached hydrogens (tertiary/aromatic N) is 2. The molecule has 0 aliphatic carbocycles. The number of amides is 2. The van der Waals surface area contributed by atoms with E-state index in [1.54, 1.807) is 19.1 Å². The number of ketones is 1. The van der Waals surface area contributed by atoms with Crippen LogP contribution in [0.15, 0.2) is 0 Å². The normalized spacial score (nSPS) is 18.9. The van der Waals surface area contributed by atoms with Crippen molar-refractivity contribution in [1.82, 2.24) is 15.1 Å². The first-order chi connectivity index (χ1) is 18.1. The zero-order chi connectivity index (χ0) is 29.9. The van der Waals surface area contributed by atoms with Crippen LogP contribution in [0.4, 0.5) is 0 Å². The second-order valence-corrected chi connectivity index (χ2v) is 13.1. The van der Waals surface area contributed by atoms with Crippen LogP contribution in [-0.2, 0) is 23.9 Å². The Labute approximate surface area is 238 Å². The molecule has 1 N–H and O–H groups in total. The zero-order valence-corrected chi connectivity index (χ0v) is 26.8. The van der Waals surface area contributed by atoms with Crippen LogP contribution >= 0.6 is 0 Å². The fourth-order valence-corrected chi connectivity index (χ4v) is 5.59. The molecule has 5 atom stereocenters. The van der Waals surface area contributed by atoms with Crippen molar-refractivity contribution in [2.24, 2.45) is 17.8 Å². The van der Waals surface area contributed by atoms with Crippen LogP contribution in [0.5, 0.6) is 0 Å². The Morgan fingerprint density at radius 1 is 0.974 bits per heavy atom. The summed E-state index contributed by atoms with van der Waals surface area (Å²) < 4.78 is 11.6. The highest BCUT2D eigenvalue weighted by atomic mass is 16.5. The number of Topliss-reactive ketones (excluding diaryl/α,β-unsaturated/α-hetero) is 1. The highest BCUT2D eigenvalue weighted by Gasteiger charge is 2.39. The summed E-state index contributed by atoms with van der Waals surface area (Å²) in [5, 5.41) is 3.13. The van der Waals surface area contributed by atoms with E-state index in [4.69, 9.17) is 9.47 Å². The third kappa shape index (κ3) is 11.5. The van der Waals surface area contributed by atoms with Crippen molar-refractivity contribution in [3.63, 3.8) is 0 Å². The molecule has 8 nitrogen and oxygen atoms in total. The smallest absolute Gasteiger partial charge is 0.245 e. The number of likely N-dealkylation sites (tertiary alicyclic amines) is 1. The second-order valence-electron chi connectivity index (χ2n) is 13.1. The van der Waals surface area contributed by atoms with Crippen LogP contribution in [0.25, 0.3) is 0 Å². The summed E-state index contributed by atoms with van der Waals surface area (Å²) in [5.41, 5.74) is -0.300. The molecule has 39 heavy (non-hydrogen) atoms. The number of piperidine rings is 1. The first-order valence-electron chi connectivity index (χ1n) is 15.1. The van der Waals surface area contributed by atoms with E-state index in [1.807, 2.05) is 34.6 Å². The van der Waals surface area contributed by atoms with Gasteiger partial charge in [0.1, 0.15) is 11.8 Å². The number of carbonyl (C=O) groups is 3. The average molecular weight is 554 g/mol. The van der Waals surface area contributed by atoms with Gasteiger partial charge in [-0.1, -0.05) is 54.4 Å². The van der Waals surface area contributed by atoms with Gasteiger partial charge in [0.2, 0.25) is 11.8 Å². The molecule has 0 saturated carbocycles. The molecule has 1 aliphatic rings. The maximum absolute atomic E-state index is 14.0. The van der Waals surface area contributed by atoms with Gasteiger partial charge in [-0.15, -0.1) is 0 Å². The van der Waals surface area contributed by atoms with E-state index in [2.05, 4.69) is 37.9 Å². The summed E-state index contributed by atoms with van der Waals surface area (Å²) in [6.07, 6.45) is 4.29. The molecule has 1 saturated heterocycles. The van der Waals surface area contributed by atoms with E-state index in [0.717, 1.165) is 32.4 Å². The van der Waals surface area contributed by atoms with Gasteiger partial charge in [-0.25, -0.2) is 0 Å². The highest BCUT2D eigenvalue weighted by molar-refractivity contribution is 5.90. The molecular weight excluding hydrogens is 494 g/mol. The van der Waals surface area contributed by atoms with Gasteiger partial charge >= 0.3 is 0 Å². The maximum Gasteiger partial charge on any atom is 0.245 e. The molecule has 0 bridgehead atoms. The van der Waals surface area contributed by atoms with Crippen molar-refractivity contribution in [2.75, 3.05) is 33.9 Å². The summed E-state index contributed by atoms with van der Waals surface area (Å²) in [6, 6.07) is -1.22. The monoisotopic (exact) mass is 553 g/mol. The summed E-state index contributed by atoms with van der Waals surface area (Å²) in [4.78, 5) is 44.4. The number of hydrogen-bond donors (Lipinski definition) is 1.